The van der Waals surface area contributed by atoms with Crippen LogP contribution in [0.3, 0.4) is 0 Å². The van der Waals surface area contributed by atoms with Crippen LogP contribution in [0.2, 0.25) is 0 Å². The number of likely N-dealkylation sites (N-methyl/N-ethyl adjacent to an activating group) is 1. The average molecular weight is 130 g/mol. The third-order valence-electron chi connectivity index (χ3n) is 1.84. The van der Waals surface area contributed by atoms with Crippen LogP contribution in [0.15, 0.2) is 0 Å². The van der Waals surface area contributed by atoms with Crippen molar-refractivity contribution in [3.05, 3.63) is 7.05 Å². The molecule has 0 aromatic carbocycles. The molecule has 1 rings (SSSR count). The molecule has 54 valence electrons. The Morgan fingerprint density at radius 3 is 2.56 bits per heavy atom. The first-order valence-electron chi connectivity index (χ1n) is 3.26. The highest BCUT2D eigenvalue weighted by Crippen LogP contribution is 1.92. The summed E-state index contributed by atoms with van der Waals surface area (Å²) in [4.78, 5) is 1.15. The Hall–Kier alpha value is -0.120. The van der Waals surface area contributed by atoms with Crippen LogP contribution in [0.25, 0.3) is 0 Å². The number of likely N-dealkylation sites (tertiary alicyclic amines) is 1. The van der Waals surface area contributed by atoms with Gasteiger partial charge in [0.1, 0.15) is 6.10 Å². The van der Waals surface area contributed by atoms with Gasteiger partial charge >= 0.3 is 0 Å². The molecule has 3 N–H and O–H groups in total. The van der Waals surface area contributed by atoms with E-state index in [0.29, 0.717) is 0 Å². The van der Waals surface area contributed by atoms with E-state index in [1.165, 1.54) is 0 Å². The monoisotopic (exact) mass is 130 g/mol. The lowest BCUT2D eigenvalue weighted by atomic mass is 10.2. The molecule has 9 heavy (non-hydrogen) atoms. The summed E-state index contributed by atoms with van der Waals surface area (Å²) >= 11 is 0. The molecule has 0 amide bonds. The van der Waals surface area contributed by atoms with E-state index in [1.807, 2.05) is 7.05 Å². The molecule has 1 fully saturated rings. The first-order chi connectivity index (χ1) is 4.24. The van der Waals surface area contributed by atoms with Crippen molar-refractivity contribution in [3.8, 4) is 0 Å². The van der Waals surface area contributed by atoms with Gasteiger partial charge in [0.05, 0.1) is 19.1 Å². The Morgan fingerprint density at radius 1 is 1.67 bits per heavy atom. The first-order valence-corrected chi connectivity index (χ1v) is 3.26. The second-order valence-electron chi connectivity index (χ2n) is 2.62. The number of hydrogen-bond acceptors (Lipinski definition) is 2. The van der Waals surface area contributed by atoms with E-state index >= 15 is 0 Å². The smallest absolute Gasteiger partial charge is 0.121 e. The molecule has 3 atom stereocenters. The van der Waals surface area contributed by atoms with Crippen LogP contribution >= 0.6 is 0 Å². The third kappa shape index (κ3) is 1.41. The standard InChI is InChI=1S/C6H14N2O/c1-7-5-3-8(2)4-6(5)9/h5-9H,2-4H2,1H3/t5-,6-/m1/s1. The Balaban J connectivity index is 2.38. The van der Waals surface area contributed by atoms with E-state index in [9.17, 15) is 5.11 Å². The fourth-order valence-electron chi connectivity index (χ4n) is 1.26. The van der Waals surface area contributed by atoms with E-state index in [-0.39, 0.29) is 12.1 Å². The van der Waals surface area contributed by atoms with E-state index < -0.39 is 0 Å². The predicted octanol–water partition coefficient (Wildman–Crippen LogP) is -2.37. The third-order valence-corrected chi connectivity index (χ3v) is 1.84. The van der Waals surface area contributed by atoms with Crippen LogP contribution in [0.5, 0.6) is 0 Å². The van der Waals surface area contributed by atoms with Crippen LogP contribution in [0.4, 0.5) is 0 Å². The summed E-state index contributed by atoms with van der Waals surface area (Å²) in [5.74, 6) is 0. The van der Waals surface area contributed by atoms with Crippen LogP contribution in [-0.2, 0) is 0 Å². The maximum absolute atomic E-state index is 9.24. The van der Waals surface area contributed by atoms with Crippen molar-refractivity contribution in [2.75, 3.05) is 20.1 Å². The lowest BCUT2D eigenvalue weighted by molar-refractivity contribution is -0.841. The molecule has 3 heteroatoms. The zero-order valence-electron chi connectivity index (χ0n) is 5.72. The summed E-state index contributed by atoms with van der Waals surface area (Å²) in [7, 11) is 5.67. The molecule has 0 bridgehead atoms. The molecule has 0 aromatic rings. The zero-order valence-corrected chi connectivity index (χ0v) is 5.72. The highest BCUT2D eigenvalue weighted by molar-refractivity contribution is 4.76. The van der Waals surface area contributed by atoms with Gasteiger partial charge in [-0.2, -0.15) is 7.05 Å². The highest BCUT2D eigenvalue weighted by atomic mass is 16.3. The van der Waals surface area contributed by atoms with Crippen molar-refractivity contribution in [2.45, 2.75) is 12.1 Å². The zero-order chi connectivity index (χ0) is 6.85. The lowest BCUT2D eigenvalue weighted by Crippen LogP contribution is -3.05. The topological polar surface area (TPSA) is 36.7 Å². The van der Waals surface area contributed by atoms with Gasteiger partial charge in [0.15, 0.2) is 0 Å². The number of quaternary nitrogens is 1. The van der Waals surface area contributed by atoms with Crippen molar-refractivity contribution in [2.24, 2.45) is 0 Å². The fourth-order valence-corrected chi connectivity index (χ4v) is 1.26. The van der Waals surface area contributed by atoms with Crippen LogP contribution in [-0.4, -0.2) is 37.4 Å². The van der Waals surface area contributed by atoms with Gasteiger partial charge in [0.2, 0.25) is 0 Å². The van der Waals surface area contributed by atoms with Crippen molar-refractivity contribution in [1.29, 1.82) is 0 Å². The van der Waals surface area contributed by atoms with E-state index in [2.05, 4.69) is 12.4 Å². The molecule has 1 aliphatic heterocycles. The van der Waals surface area contributed by atoms with Gasteiger partial charge in [0, 0.05) is 0 Å². The van der Waals surface area contributed by atoms with Gasteiger partial charge in [-0.05, 0) is 7.05 Å². The lowest BCUT2D eigenvalue weighted by Gasteiger charge is -2.11. The molecule has 0 aromatic heterocycles. The van der Waals surface area contributed by atoms with Gasteiger partial charge in [-0.25, -0.2) is 0 Å². The van der Waals surface area contributed by atoms with E-state index in [1.54, 1.807) is 0 Å². The summed E-state index contributed by atoms with van der Waals surface area (Å²) in [6.07, 6.45) is -0.206. The van der Waals surface area contributed by atoms with E-state index in [0.717, 1.165) is 18.0 Å². The van der Waals surface area contributed by atoms with Gasteiger partial charge in [-0.3, -0.25) is 0 Å². The van der Waals surface area contributed by atoms with Gasteiger partial charge in [-0.15, -0.1) is 0 Å². The maximum Gasteiger partial charge on any atom is 0.121 e. The summed E-state index contributed by atoms with van der Waals surface area (Å²) in [6, 6.07) is 0.248. The van der Waals surface area contributed by atoms with Crippen LogP contribution < -0.4 is 10.2 Å². The summed E-state index contributed by atoms with van der Waals surface area (Å²) in [5.41, 5.74) is 0. The second kappa shape index (κ2) is 2.64. The molecular weight excluding hydrogens is 116 g/mol. The number of rotatable bonds is 1. The highest BCUT2D eigenvalue weighted by Gasteiger charge is 2.28. The largest absolute Gasteiger partial charge is 0.464 e. The Bertz CT molecular complexity index is 97.1. The molecule has 0 saturated carbocycles. The number of nitrogens with one attached hydrogen (secondary N) is 2. The molecule has 1 unspecified atom stereocenters. The van der Waals surface area contributed by atoms with E-state index in [4.69, 9.17) is 0 Å². The minimum Gasteiger partial charge on any atom is -0.464 e. The molecular formula is C6H14N2O. The Kier molecular flexibility index (Phi) is 2.05. The van der Waals surface area contributed by atoms with Crippen LogP contribution in [0, 0.1) is 7.05 Å². The summed E-state index contributed by atoms with van der Waals surface area (Å²) < 4.78 is 0. The maximum atomic E-state index is 9.24. The number of aliphatic hydroxyl groups is 1. The molecule has 1 aliphatic rings. The van der Waals surface area contributed by atoms with Gasteiger partial charge in [-0.1, -0.05) is 0 Å². The first kappa shape index (κ1) is 6.99. The van der Waals surface area contributed by atoms with Gasteiger partial charge < -0.3 is 15.3 Å². The molecule has 3 nitrogen and oxygen atoms in total. The average Bonchev–Trinajstić information content (AvgIpc) is 2.10. The fraction of sp³-hybridized carbons (Fsp3) is 0.833. The summed E-state index contributed by atoms with van der Waals surface area (Å²) in [6.45, 7) is 1.70. The Labute approximate surface area is 55.7 Å². The molecule has 1 saturated heterocycles. The quantitative estimate of drug-likeness (QED) is 0.347. The second-order valence-corrected chi connectivity index (χ2v) is 2.62. The van der Waals surface area contributed by atoms with Crippen molar-refractivity contribution >= 4 is 0 Å². The summed E-state index contributed by atoms with van der Waals surface area (Å²) in [5, 5.41) is 12.3. The molecule has 0 spiro atoms. The number of hydrogen-bond donors (Lipinski definition) is 3. The molecule has 0 radical (unpaired) electrons. The minimum absolute atomic E-state index is 0.206. The molecule has 1 heterocycles. The molecule has 0 aliphatic carbocycles. The van der Waals surface area contributed by atoms with Crippen molar-refractivity contribution in [1.82, 2.24) is 5.32 Å². The SMILES string of the molecule is [CH2-][NH+]1C[C@@H](O)[C@H](NC)C1. The normalized spacial score (nSPS) is 43.7. The van der Waals surface area contributed by atoms with Crippen molar-refractivity contribution < 1.29 is 10.0 Å². The Morgan fingerprint density at radius 2 is 2.33 bits per heavy atom. The van der Waals surface area contributed by atoms with Gasteiger partial charge in [0.25, 0.3) is 0 Å². The minimum atomic E-state index is -0.206. The van der Waals surface area contributed by atoms with Crippen molar-refractivity contribution in [3.63, 3.8) is 0 Å². The predicted molar refractivity (Wildman–Crippen MR) is 34.9 cm³/mol. The van der Waals surface area contributed by atoms with Crippen LogP contribution in [0.1, 0.15) is 0 Å². The number of aliphatic hydroxyl groups excluding tert-OH is 1.